The van der Waals surface area contributed by atoms with E-state index in [0.29, 0.717) is 22.3 Å². The van der Waals surface area contributed by atoms with Crippen molar-refractivity contribution in [2.75, 3.05) is 5.32 Å². The molecule has 1 aromatic carbocycles. The van der Waals surface area contributed by atoms with E-state index in [9.17, 15) is 13.2 Å². The highest BCUT2D eigenvalue weighted by Gasteiger charge is 2.30. The predicted octanol–water partition coefficient (Wildman–Crippen LogP) is 4.63. The van der Waals surface area contributed by atoms with Gasteiger partial charge >= 0.3 is 6.36 Å². The van der Waals surface area contributed by atoms with Crippen molar-refractivity contribution in [1.82, 2.24) is 9.38 Å². The summed E-state index contributed by atoms with van der Waals surface area (Å²) in [5.41, 5.74) is 1.24. The van der Waals surface area contributed by atoms with Gasteiger partial charge in [0.25, 0.3) is 0 Å². The van der Waals surface area contributed by atoms with Gasteiger partial charge in [-0.3, -0.25) is 4.40 Å². The van der Waals surface area contributed by atoms with Gasteiger partial charge in [-0.15, -0.1) is 13.2 Å². The molecule has 2 heterocycles. The molecule has 0 unspecified atom stereocenters. The van der Waals surface area contributed by atoms with Crippen LogP contribution in [0.25, 0.3) is 5.65 Å². The second-order valence-corrected chi connectivity index (χ2v) is 4.79. The molecule has 3 rings (SSSR count). The summed E-state index contributed by atoms with van der Waals surface area (Å²) in [6, 6.07) is 10.7. The van der Waals surface area contributed by atoms with Crippen molar-refractivity contribution in [3.63, 3.8) is 0 Å². The lowest BCUT2D eigenvalue weighted by molar-refractivity contribution is -0.274. The molecule has 0 atom stereocenters. The molecule has 22 heavy (non-hydrogen) atoms. The second-order valence-electron chi connectivity index (χ2n) is 4.40. The van der Waals surface area contributed by atoms with Crippen LogP contribution in [0, 0.1) is 0 Å². The number of alkyl halides is 3. The monoisotopic (exact) mass is 327 g/mol. The van der Waals surface area contributed by atoms with Crippen molar-refractivity contribution in [3.05, 3.63) is 53.8 Å². The summed E-state index contributed by atoms with van der Waals surface area (Å²) in [6.45, 7) is 0. The van der Waals surface area contributed by atoms with Crippen LogP contribution in [0.1, 0.15) is 0 Å². The molecule has 3 aromatic rings. The van der Waals surface area contributed by atoms with Crippen molar-refractivity contribution in [2.45, 2.75) is 6.36 Å². The Kier molecular flexibility index (Phi) is 3.58. The number of fused-ring (bicyclic) bond motifs is 1. The SMILES string of the molecule is FC(F)(F)Oc1ccc(Nc2cn3c(Cl)cccc3n2)cc1. The minimum absolute atomic E-state index is 0.281. The molecule has 0 spiro atoms. The normalized spacial score (nSPS) is 11.6. The molecular weight excluding hydrogens is 319 g/mol. The fraction of sp³-hybridized carbons (Fsp3) is 0.0714. The third-order valence-electron chi connectivity index (χ3n) is 2.80. The van der Waals surface area contributed by atoms with Crippen molar-refractivity contribution in [3.8, 4) is 5.75 Å². The van der Waals surface area contributed by atoms with Crippen LogP contribution in [0.3, 0.4) is 0 Å². The number of benzene rings is 1. The highest BCUT2D eigenvalue weighted by atomic mass is 35.5. The topological polar surface area (TPSA) is 38.6 Å². The van der Waals surface area contributed by atoms with Crippen LogP contribution < -0.4 is 10.1 Å². The molecule has 0 fully saturated rings. The number of nitrogens with one attached hydrogen (secondary N) is 1. The van der Waals surface area contributed by atoms with Gasteiger partial charge in [0, 0.05) is 5.69 Å². The van der Waals surface area contributed by atoms with Crippen molar-refractivity contribution in [2.24, 2.45) is 0 Å². The number of hydrogen-bond donors (Lipinski definition) is 1. The molecule has 0 aliphatic rings. The van der Waals surface area contributed by atoms with Crippen LogP contribution in [0.4, 0.5) is 24.7 Å². The Balaban J connectivity index is 1.78. The Bertz CT molecular complexity index is 799. The number of pyridine rings is 1. The van der Waals surface area contributed by atoms with Crippen LogP contribution in [0.2, 0.25) is 5.15 Å². The van der Waals surface area contributed by atoms with Crippen LogP contribution >= 0.6 is 11.6 Å². The number of aromatic nitrogens is 2. The van der Waals surface area contributed by atoms with Crippen LogP contribution in [0.5, 0.6) is 5.75 Å². The zero-order chi connectivity index (χ0) is 15.7. The standard InChI is InChI=1S/C14H9ClF3N3O/c15-11-2-1-3-13-20-12(8-21(11)13)19-9-4-6-10(7-5-9)22-14(16,17)18/h1-8,19H. The van der Waals surface area contributed by atoms with Crippen molar-refractivity contribution in [1.29, 1.82) is 0 Å². The molecule has 4 nitrogen and oxygen atoms in total. The number of nitrogens with zero attached hydrogens (tertiary/aromatic N) is 2. The van der Waals surface area contributed by atoms with E-state index in [-0.39, 0.29) is 5.75 Å². The third kappa shape index (κ3) is 3.25. The van der Waals surface area contributed by atoms with Gasteiger partial charge in [-0.05, 0) is 36.4 Å². The first kappa shape index (κ1) is 14.5. The van der Waals surface area contributed by atoms with E-state index in [1.807, 2.05) is 0 Å². The summed E-state index contributed by atoms with van der Waals surface area (Å²) >= 11 is 6.03. The Morgan fingerprint density at radius 1 is 1.09 bits per heavy atom. The lowest BCUT2D eigenvalue weighted by atomic mass is 10.3. The highest BCUT2D eigenvalue weighted by molar-refractivity contribution is 6.29. The molecule has 0 saturated carbocycles. The largest absolute Gasteiger partial charge is 0.573 e. The van der Waals surface area contributed by atoms with E-state index >= 15 is 0 Å². The Hall–Kier alpha value is -2.41. The molecule has 0 bridgehead atoms. The lowest BCUT2D eigenvalue weighted by Gasteiger charge is -2.09. The van der Waals surface area contributed by atoms with Crippen LogP contribution in [-0.2, 0) is 0 Å². The maximum atomic E-state index is 12.1. The first-order chi connectivity index (χ1) is 10.4. The maximum absolute atomic E-state index is 12.1. The number of ether oxygens (including phenoxy) is 1. The number of rotatable bonds is 3. The summed E-state index contributed by atoms with van der Waals surface area (Å²) in [6.07, 6.45) is -3.01. The zero-order valence-electron chi connectivity index (χ0n) is 10.9. The fourth-order valence-electron chi connectivity index (χ4n) is 1.93. The van der Waals surface area contributed by atoms with E-state index in [1.165, 1.54) is 24.3 Å². The first-order valence-corrected chi connectivity index (χ1v) is 6.55. The van der Waals surface area contributed by atoms with E-state index in [4.69, 9.17) is 11.6 Å². The lowest BCUT2D eigenvalue weighted by Crippen LogP contribution is -2.16. The molecule has 0 aliphatic carbocycles. The van der Waals surface area contributed by atoms with Crippen LogP contribution in [0.15, 0.2) is 48.7 Å². The quantitative estimate of drug-likeness (QED) is 0.713. The summed E-state index contributed by atoms with van der Waals surface area (Å²) in [4.78, 5) is 4.31. The number of imidazole rings is 1. The van der Waals surface area contributed by atoms with Gasteiger partial charge in [-0.25, -0.2) is 4.98 Å². The summed E-state index contributed by atoms with van der Waals surface area (Å²) in [5, 5.41) is 3.49. The van der Waals surface area contributed by atoms with Crippen molar-refractivity contribution >= 4 is 28.8 Å². The molecule has 0 radical (unpaired) electrons. The summed E-state index contributed by atoms with van der Waals surface area (Å²) in [5.74, 6) is 0.244. The van der Waals surface area contributed by atoms with Gasteiger partial charge in [0.1, 0.15) is 22.4 Å². The van der Waals surface area contributed by atoms with E-state index in [2.05, 4.69) is 15.0 Å². The second kappa shape index (κ2) is 5.42. The zero-order valence-corrected chi connectivity index (χ0v) is 11.7. The average molecular weight is 328 g/mol. The first-order valence-electron chi connectivity index (χ1n) is 6.17. The average Bonchev–Trinajstić information content (AvgIpc) is 2.83. The van der Waals surface area contributed by atoms with Gasteiger partial charge in [0.2, 0.25) is 0 Å². The molecule has 2 aromatic heterocycles. The third-order valence-corrected chi connectivity index (χ3v) is 3.11. The number of anilines is 2. The molecule has 8 heteroatoms. The number of hydrogen-bond acceptors (Lipinski definition) is 3. The highest BCUT2D eigenvalue weighted by Crippen LogP contribution is 2.25. The smallest absolute Gasteiger partial charge is 0.406 e. The minimum atomic E-state index is -4.70. The molecule has 1 N–H and O–H groups in total. The summed E-state index contributed by atoms with van der Waals surface area (Å²) < 4.78 is 41.7. The Morgan fingerprint density at radius 2 is 1.82 bits per heavy atom. The van der Waals surface area contributed by atoms with Gasteiger partial charge in [-0.1, -0.05) is 17.7 Å². The van der Waals surface area contributed by atoms with Gasteiger partial charge in [-0.2, -0.15) is 0 Å². The number of halogens is 4. The molecule has 114 valence electrons. The molecule has 0 aliphatic heterocycles. The van der Waals surface area contributed by atoms with Crippen LogP contribution in [-0.4, -0.2) is 15.7 Å². The molecule has 0 saturated heterocycles. The van der Waals surface area contributed by atoms with E-state index in [0.717, 1.165) is 0 Å². The van der Waals surface area contributed by atoms with Gasteiger partial charge in [0.15, 0.2) is 0 Å². The molecule has 0 amide bonds. The fourth-order valence-corrected chi connectivity index (χ4v) is 2.13. The predicted molar refractivity (Wildman–Crippen MR) is 76.6 cm³/mol. The van der Waals surface area contributed by atoms with E-state index < -0.39 is 6.36 Å². The molecular formula is C14H9ClF3N3O. The minimum Gasteiger partial charge on any atom is -0.406 e. The van der Waals surface area contributed by atoms with Gasteiger partial charge in [0.05, 0.1) is 6.20 Å². The Labute approximate surface area is 128 Å². The van der Waals surface area contributed by atoms with Gasteiger partial charge < -0.3 is 10.1 Å². The van der Waals surface area contributed by atoms with Crippen molar-refractivity contribution < 1.29 is 17.9 Å². The Morgan fingerprint density at radius 3 is 2.45 bits per heavy atom. The summed E-state index contributed by atoms with van der Waals surface area (Å²) in [7, 11) is 0. The maximum Gasteiger partial charge on any atom is 0.573 e. The van der Waals surface area contributed by atoms with E-state index in [1.54, 1.807) is 28.8 Å².